The Kier molecular flexibility index (Phi) is 5.25. The molecule has 8 heteroatoms. The molecule has 0 spiro atoms. The fourth-order valence-electron chi connectivity index (χ4n) is 1.54. The number of ether oxygens (including phenoxy) is 1. The van der Waals surface area contributed by atoms with E-state index in [0.29, 0.717) is 18.6 Å². The minimum absolute atomic E-state index is 0.0252. The lowest BCUT2D eigenvalue weighted by molar-refractivity contribution is -0.145. The fraction of sp³-hybridized carbons (Fsp3) is 0.462. The van der Waals surface area contributed by atoms with E-state index in [0.717, 1.165) is 0 Å². The Bertz CT molecular complexity index is 472. The molecule has 0 aromatic heterocycles. The number of alkyl halides is 6. The monoisotopic (exact) mass is 314 g/mol. The second kappa shape index (κ2) is 6.36. The molecule has 118 valence electrons. The SMILES string of the molecule is CCCC(=O)OCc1cc(C(F)(F)F)cc(C(F)(F)F)c1. The van der Waals surface area contributed by atoms with Gasteiger partial charge in [-0.25, -0.2) is 0 Å². The molecule has 0 aliphatic carbocycles. The van der Waals surface area contributed by atoms with Crippen LogP contribution in [-0.2, 0) is 28.5 Å². The second-order valence-corrected chi connectivity index (χ2v) is 4.32. The number of esters is 1. The van der Waals surface area contributed by atoms with Gasteiger partial charge in [0.2, 0.25) is 0 Å². The molecule has 1 rings (SSSR count). The molecular formula is C13H12F6O2. The third-order valence-corrected chi connectivity index (χ3v) is 2.50. The van der Waals surface area contributed by atoms with Crippen molar-refractivity contribution < 1.29 is 35.9 Å². The second-order valence-electron chi connectivity index (χ2n) is 4.32. The van der Waals surface area contributed by atoms with Gasteiger partial charge in [0.15, 0.2) is 0 Å². The van der Waals surface area contributed by atoms with Gasteiger partial charge >= 0.3 is 18.3 Å². The Balaban J connectivity index is 3.06. The molecule has 0 fully saturated rings. The zero-order valence-electron chi connectivity index (χ0n) is 10.9. The van der Waals surface area contributed by atoms with Gasteiger partial charge in [-0.15, -0.1) is 0 Å². The first-order valence-corrected chi connectivity index (χ1v) is 5.98. The summed E-state index contributed by atoms with van der Waals surface area (Å²) >= 11 is 0. The zero-order valence-corrected chi connectivity index (χ0v) is 10.9. The van der Waals surface area contributed by atoms with Crippen LogP contribution in [0.25, 0.3) is 0 Å². The number of hydrogen-bond acceptors (Lipinski definition) is 2. The minimum atomic E-state index is -4.91. The molecule has 0 N–H and O–H groups in total. The largest absolute Gasteiger partial charge is 0.461 e. The molecule has 0 aliphatic heterocycles. The Morgan fingerprint density at radius 2 is 1.48 bits per heavy atom. The highest BCUT2D eigenvalue weighted by atomic mass is 19.4. The van der Waals surface area contributed by atoms with E-state index in [1.54, 1.807) is 6.92 Å². The van der Waals surface area contributed by atoms with Crippen LogP contribution in [0.15, 0.2) is 18.2 Å². The van der Waals surface area contributed by atoms with Crippen molar-refractivity contribution in [2.45, 2.75) is 38.7 Å². The van der Waals surface area contributed by atoms with Crippen molar-refractivity contribution in [3.05, 3.63) is 34.9 Å². The molecular weight excluding hydrogens is 302 g/mol. The Morgan fingerprint density at radius 1 is 1.00 bits per heavy atom. The molecule has 2 nitrogen and oxygen atoms in total. The first-order chi connectivity index (χ1) is 9.54. The number of carbonyl (C=O) groups excluding carboxylic acids is 1. The van der Waals surface area contributed by atoms with Gasteiger partial charge in [-0.1, -0.05) is 6.92 Å². The maximum Gasteiger partial charge on any atom is 0.416 e. The van der Waals surface area contributed by atoms with Gasteiger partial charge in [-0.05, 0) is 30.2 Å². The van der Waals surface area contributed by atoms with Crippen LogP contribution in [0, 0.1) is 0 Å². The molecule has 1 aromatic rings. The summed E-state index contributed by atoms with van der Waals surface area (Å²) in [5, 5.41) is 0. The summed E-state index contributed by atoms with van der Waals surface area (Å²) < 4.78 is 80.1. The maximum absolute atomic E-state index is 12.6. The number of benzene rings is 1. The van der Waals surface area contributed by atoms with E-state index in [1.807, 2.05) is 0 Å². The lowest BCUT2D eigenvalue weighted by Crippen LogP contribution is -2.12. The number of rotatable bonds is 4. The van der Waals surface area contributed by atoms with E-state index in [-0.39, 0.29) is 18.1 Å². The summed E-state index contributed by atoms with van der Waals surface area (Å²) in [6.45, 7) is 1.05. The standard InChI is InChI=1S/C13H12F6O2/c1-2-3-11(20)21-7-8-4-9(12(14,15)16)6-10(5-8)13(17,18)19/h4-6H,2-3,7H2,1H3. The van der Waals surface area contributed by atoms with Gasteiger partial charge in [0.25, 0.3) is 0 Å². The number of carbonyl (C=O) groups is 1. The van der Waals surface area contributed by atoms with E-state index in [1.165, 1.54) is 0 Å². The first kappa shape index (κ1) is 17.3. The Morgan fingerprint density at radius 3 is 1.86 bits per heavy atom. The van der Waals surface area contributed by atoms with Gasteiger partial charge in [0, 0.05) is 6.42 Å². The summed E-state index contributed by atoms with van der Waals surface area (Å²) in [5.41, 5.74) is -3.22. The van der Waals surface area contributed by atoms with Crippen LogP contribution in [0.1, 0.15) is 36.5 Å². The lowest BCUT2D eigenvalue weighted by Gasteiger charge is -2.14. The van der Waals surface area contributed by atoms with Gasteiger partial charge in [-0.3, -0.25) is 4.79 Å². The van der Waals surface area contributed by atoms with E-state index in [2.05, 4.69) is 4.74 Å². The lowest BCUT2D eigenvalue weighted by atomic mass is 10.1. The van der Waals surface area contributed by atoms with Crippen molar-refractivity contribution in [1.29, 1.82) is 0 Å². The molecule has 21 heavy (non-hydrogen) atoms. The summed E-state index contributed by atoms with van der Waals surface area (Å²) in [7, 11) is 0. The third kappa shape index (κ3) is 5.28. The van der Waals surface area contributed by atoms with Gasteiger partial charge in [0.05, 0.1) is 11.1 Å². The smallest absolute Gasteiger partial charge is 0.416 e. The van der Waals surface area contributed by atoms with Crippen molar-refractivity contribution in [3.63, 3.8) is 0 Å². The molecule has 0 bridgehead atoms. The molecule has 0 atom stereocenters. The highest BCUT2D eigenvalue weighted by Crippen LogP contribution is 2.36. The van der Waals surface area contributed by atoms with Crippen LogP contribution in [-0.4, -0.2) is 5.97 Å². The quantitative estimate of drug-likeness (QED) is 0.601. The number of halogens is 6. The average molecular weight is 314 g/mol. The highest BCUT2D eigenvalue weighted by molar-refractivity contribution is 5.69. The zero-order chi connectivity index (χ0) is 16.3. The van der Waals surface area contributed by atoms with Crippen molar-refractivity contribution >= 4 is 5.97 Å². The molecule has 0 saturated carbocycles. The summed E-state index contributed by atoms with van der Waals surface area (Å²) in [6.07, 6.45) is -9.31. The van der Waals surface area contributed by atoms with Crippen LogP contribution in [0.4, 0.5) is 26.3 Å². The Labute approximate surface area is 116 Å². The van der Waals surface area contributed by atoms with Crippen molar-refractivity contribution in [3.8, 4) is 0 Å². The van der Waals surface area contributed by atoms with Crippen LogP contribution < -0.4 is 0 Å². The van der Waals surface area contributed by atoms with E-state index >= 15 is 0 Å². The third-order valence-electron chi connectivity index (χ3n) is 2.50. The summed E-state index contributed by atoms with van der Waals surface area (Å²) in [4.78, 5) is 11.1. The van der Waals surface area contributed by atoms with Crippen LogP contribution in [0.3, 0.4) is 0 Å². The molecule has 0 aliphatic rings. The van der Waals surface area contributed by atoms with E-state index in [4.69, 9.17) is 0 Å². The average Bonchev–Trinajstić information content (AvgIpc) is 2.34. The first-order valence-electron chi connectivity index (χ1n) is 5.98. The van der Waals surface area contributed by atoms with Gasteiger partial charge < -0.3 is 4.74 Å². The van der Waals surface area contributed by atoms with Crippen LogP contribution in [0.5, 0.6) is 0 Å². The van der Waals surface area contributed by atoms with Crippen molar-refractivity contribution in [2.75, 3.05) is 0 Å². The maximum atomic E-state index is 12.6. The van der Waals surface area contributed by atoms with Gasteiger partial charge in [0.1, 0.15) is 6.61 Å². The predicted octanol–water partition coefficient (Wildman–Crippen LogP) is 4.57. The molecule has 0 unspecified atom stereocenters. The summed E-state index contributed by atoms with van der Waals surface area (Å²) in [5.74, 6) is -0.677. The fourth-order valence-corrected chi connectivity index (χ4v) is 1.54. The minimum Gasteiger partial charge on any atom is -0.461 e. The predicted molar refractivity (Wildman–Crippen MR) is 61.2 cm³/mol. The molecule has 0 radical (unpaired) electrons. The van der Waals surface area contributed by atoms with Crippen molar-refractivity contribution in [1.82, 2.24) is 0 Å². The number of hydrogen-bond donors (Lipinski definition) is 0. The normalized spacial score (nSPS) is 12.3. The molecule has 0 amide bonds. The Hall–Kier alpha value is -1.73. The van der Waals surface area contributed by atoms with Crippen LogP contribution in [0.2, 0.25) is 0 Å². The summed E-state index contributed by atoms with van der Waals surface area (Å²) in [6, 6.07) is 1.10. The van der Waals surface area contributed by atoms with Crippen LogP contribution >= 0.6 is 0 Å². The van der Waals surface area contributed by atoms with E-state index < -0.39 is 36.1 Å². The van der Waals surface area contributed by atoms with Gasteiger partial charge in [-0.2, -0.15) is 26.3 Å². The molecule has 0 heterocycles. The molecule has 1 aromatic carbocycles. The van der Waals surface area contributed by atoms with E-state index in [9.17, 15) is 31.1 Å². The highest BCUT2D eigenvalue weighted by Gasteiger charge is 2.36. The topological polar surface area (TPSA) is 26.3 Å². The van der Waals surface area contributed by atoms with Crippen molar-refractivity contribution in [2.24, 2.45) is 0 Å². The molecule has 0 saturated heterocycles.